The van der Waals surface area contributed by atoms with Gasteiger partial charge in [0.2, 0.25) is 5.91 Å². The fourth-order valence-corrected chi connectivity index (χ4v) is 2.96. The number of halogens is 1. The normalized spacial score (nSPS) is 18.4. The van der Waals surface area contributed by atoms with Crippen LogP contribution in [0.2, 0.25) is 5.02 Å². The summed E-state index contributed by atoms with van der Waals surface area (Å²) in [7, 11) is 0. The van der Waals surface area contributed by atoms with Crippen LogP contribution in [0.15, 0.2) is 24.3 Å². The lowest BCUT2D eigenvalue weighted by atomic mass is 9.95. The molecule has 0 spiro atoms. The maximum absolute atomic E-state index is 11.8. The predicted octanol–water partition coefficient (Wildman–Crippen LogP) is 2.22. The average Bonchev–Trinajstić information content (AvgIpc) is 2.48. The van der Waals surface area contributed by atoms with Gasteiger partial charge in [0.05, 0.1) is 6.10 Å². The Morgan fingerprint density at radius 1 is 1.48 bits per heavy atom. The maximum Gasteiger partial charge on any atom is 0.223 e. The first-order valence-electron chi connectivity index (χ1n) is 7.53. The van der Waals surface area contributed by atoms with Crippen LogP contribution < -0.4 is 5.32 Å². The largest absolute Gasteiger partial charge is 0.387 e. The molecule has 2 N–H and O–H groups in total. The number of aliphatic hydroxyl groups excluding tert-OH is 1. The predicted molar refractivity (Wildman–Crippen MR) is 84.3 cm³/mol. The summed E-state index contributed by atoms with van der Waals surface area (Å²) in [6.07, 6.45) is 1.17. The number of nitrogens with zero attached hydrogens (tertiary/aromatic N) is 1. The van der Waals surface area contributed by atoms with Gasteiger partial charge in [0, 0.05) is 24.0 Å². The highest BCUT2D eigenvalue weighted by Crippen LogP contribution is 2.22. The number of carbonyl (C=O) groups excluding carboxylic acids is 1. The molecule has 4 nitrogen and oxygen atoms in total. The third-order valence-electron chi connectivity index (χ3n) is 3.97. The SMILES string of the molecule is CCNC(=O)C1CCN(CC(O)c2cccc(Cl)c2)CC1. The molecule has 1 aliphatic rings. The number of β-amino-alcohol motifs (C(OH)–C–C–N with tert-alkyl or cyclic N) is 1. The summed E-state index contributed by atoms with van der Waals surface area (Å²) in [6.45, 7) is 4.90. The minimum atomic E-state index is -0.537. The molecule has 1 atom stereocenters. The van der Waals surface area contributed by atoms with Crippen LogP contribution in [-0.4, -0.2) is 42.1 Å². The number of aliphatic hydroxyl groups is 1. The van der Waals surface area contributed by atoms with E-state index < -0.39 is 6.10 Å². The van der Waals surface area contributed by atoms with Gasteiger partial charge in [-0.3, -0.25) is 4.79 Å². The highest BCUT2D eigenvalue weighted by atomic mass is 35.5. The number of hydrogen-bond donors (Lipinski definition) is 2. The first-order valence-corrected chi connectivity index (χ1v) is 7.91. The number of hydrogen-bond acceptors (Lipinski definition) is 3. The molecular weight excluding hydrogens is 288 g/mol. The molecule has 0 saturated carbocycles. The lowest BCUT2D eigenvalue weighted by Crippen LogP contribution is -2.41. The van der Waals surface area contributed by atoms with Crippen molar-refractivity contribution < 1.29 is 9.90 Å². The second kappa shape index (κ2) is 7.78. The number of amides is 1. The molecule has 1 heterocycles. The maximum atomic E-state index is 11.8. The van der Waals surface area contributed by atoms with Gasteiger partial charge in [0.15, 0.2) is 0 Å². The van der Waals surface area contributed by atoms with Gasteiger partial charge in [-0.1, -0.05) is 23.7 Å². The summed E-state index contributed by atoms with van der Waals surface area (Å²) < 4.78 is 0. The number of carbonyl (C=O) groups is 1. The molecule has 1 fully saturated rings. The smallest absolute Gasteiger partial charge is 0.223 e. The average molecular weight is 311 g/mol. The molecular formula is C16H23ClN2O2. The van der Waals surface area contributed by atoms with E-state index in [-0.39, 0.29) is 11.8 Å². The zero-order valence-corrected chi connectivity index (χ0v) is 13.1. The van der Waals surface area contributed by atoms with Gasteiger partial charge in [-0.25, -0.2) is 0 Å². The Hall–Kier alpha value is -1.10. The molecule has 0 aliphatic carbocycles. The Kier molecular flexibility index (Phi) is 6.03. The van der Waals surface area contributed by atoms with Crippen molar-refractivity contribution in [3.63, 3.8) is 0 Å². The molecule has 1 aromatic rings. The highest BCUT2D eigenvalue weighted by Gasteiger charge is 2.25. The zero-order chi connectivity index (χ0) is 15.2. The summed E-state index contributed by atoms with van der Waals surface area (Å²) in [5.74, 6) is 0.275. The Morgan fingerprint density at radius 2 is 2.19 bits per heavy atom. The van der Waals surface area contributed by atoms with Gasteiger partial charge >= 0.3 is 0 Å². The second-order valence-corrected chi connectivity index (χ2v) is 5.98. The third-order valence-corrected chi connectivity index (χ3v) is 4.21. The van der Waals surface area contributed by atoms with E-state index >= 15 is 0 Å². The Morgan fingerprint density at radius 3 is 2.81 bits per heavy atom. The van der Waals surface area contributed by atoms with Crippen LogP contribution >= 0.6 is 11.6 Å². The van der Waals surface area contributed by atoms with Crippen molar-refractivity contribution in [2.45, 2.75) is 25.9 Å². The van der Waals surface area contributed by atoms with Crippen molar-refractivity contribution in [2.75, 3.05) is 26.2 Å². The Bertz CT molecular complexity index is 473. The topological polar surface area (TPSA) is 52.6 Å². The zero-order valence-electron chi connectivity index (χ0n) is 12.4. The summed E-state index contributed by atoms with van der Waals surface area (Å²) >= 11 is 5.95. The van der Waals surface area contributed by atoms with Gasteiger partial charge in [0.1, 0.15) is 0 Å². The van der Waals surface area contributed by atoms with Crippen molar-refractivity contribution in [1.29, 1.82) is 0 Å². The Labute approximate surface area is 131 Å². The lowest BCUT2D eigenvalue weighted by Gasteiger charge is -2.32. The summed E-state index contributed by atoms with van der Waals surface area (Å²) in [4.78, 5) is 14.0. The van der Waals surface area contributed by atoms with Gasteiger partial charge in [-0.05, 0) is 50.6 Å². The summed E-state index contributed by atoms with van der Waals surface area (Å²) in [5.41, 5.74) is 0.841. The fourth-order valence-electron chi connectivity index (χ4n) is 2.76. The first kappa shape index (κ1) is 16.3. The monoisotopic (exact) mass is 310 g/mol. The quantitative estimate of drug-likeness (QED) is 0.877. The van der Waals surface area contributed by atoms with Crippen LogP contribution in [0.1, 0.15) is 31.4 Å². The van der Waals surface area contributed by atoms with Crippen LogP contribution in [0.4, 0.5) is 0 Å². The molecule has 2 rings (SSSR count). The number of likely N-dealkylation sites (tertiary alicyclic amines) is 1. The number of piperidine rings is 1. The van der Waals surface area contributed by atoms with Crippen LogP contribution in [0.25, 0.3) is 0 Å². The van der Waals surface area contributed by atoms with Crippen molar-refractivity contribution >= 4 is 17.5 Å². The molecule has 1 saturated heterocycles. The standard InChI is InChI=1S/C16H23ClN2O2/c1-2-18-16(21)12-6-8-19(9-7-12)11-15(20)13-4-3-5-14(17)10-13/h3-5,10,12,15,20H,2,6-9,11H2,1H3,(H,18,21). The van der Waals surface area contributed by atoms with E-state index in [1.54, 1.807) is 12.1 Å². The van der Waals surface area contributed by atoms with Crippen molar-refractivity contribution in [1.82, 2.24) is 10.2 Å². The molecule has 5 heteroatoms. The molecule has 1 aromatic carbocycles. The van der Waals surface area contributed by atoms with Crippen LogP contribution in [0.3, 0.4) is 0 Å². The lowest BCUT2D eigenvalue weighted by molar-refractivity contribution is -0.126. The van der Waals surface area contributed by atoms with E-state index in [4.69, 9.17) is 11.6 Å². The van der Waals surface area contributed by atoms with E-state index in [0.29, 0.717) is 18.1 Å². The van der Waals surface area contributed by atoms with Gasteiger partial charge in [-0.2, -0.15) is 0 Å². The van der Waals surface area contributed by atoms with Crippen LogP contribution in [0, 0.1) is 5.92 Å². The first-order chi connectivity index (χ1) is 10.1. The fraction of sp³-hybridized carbons (Fsp3) is 0.562. The second-order valence-electron chi connectivity index (χ2n) is 5.54. The van der Waals surface area contributed by atoms with E-state index in [0.717, 1.165) is 31.5 Å². The Balaban J connectivity index is 1.82. The van der Waals surface area contributed by atoms with Crippen molar-refractivity contribution in [3.05, 3.63) is 34.9 Å². The minimum absolute atomic E-state index is 0.115. The summed E-state index contributed by atoms with van der Waals surface area (Å²) in [5, 5.41) is 13.8. The van der Waals surface area contributed by atoms with Gasteiger partial charge in [0.25, 0.3) is 0 Å². The van der Waals surface area contributed by atoms with Crippen molar-refractivity contribution in [2.24, 2.45) is 5.92 Å². The number of rotatable bonds is 5. The van der Waals surface area contributed by atoms with E-state index in [9.17, 15) is 9.90 Å². The van der Waals surface area contributed by atoms with E-state index in [1.807, 2.05) is 19.1 Å². The highest BCUT2D eigenvalue weighted by molar-refractivity contribution is 6.30. The van der Waals surface area contributed by atoms with Crippen LogP contribution in [0.5, 0.6) is 0 Å². The molecule has 0 radical (unpaired) electrons. The van der Waals surface area contributed by atoms with E-state index in [1.165, 1.54) is 0 Å². The minimum Gasteiger partial charge on any atom is -0.387 e. The molecule has 116 valence electrons. The molecule has 0 aromatic heterocycles. The number of nitrogens with one attached hydrogen (secondary N) is 1. The molecule has 1 amide bonds. The van der Waals surface area contributed by atoms with E-state index in [2.05, 4.69) is 10.2 Å². The summed E-state index contributed by atoms with van der Waals surface area (Å²) in [6, 6.07) is 7.34. The molecule has 1 unspecified atom stereocenters. The van der Waals surface area contributed by atoms with Gasteiger partial charge < -0.3 is 15.3 Å². The van der Waals surface area contributed by atoms with Crippen LogP contribution in [-0.2, 0) is 4.79 Å². The molecule has 0 bridgehead atoms. The van der Waals surface area contributed by atoms with Gasteiger partial charge in [-0.15, -0.1) is 0 Å². The van der Waals surface area contributed by atoms with Crippen molar-refractivity contribution in [3.8, 4) is 0 Å². The molecule has 21 heavy (non-hydrogen) atoms. The molecule has 1 aliphatic heterocycles. The third kappa shape index (κ3) is 4.70. The number of benzene rings is 1.